The van der Waals surface area contributed by atoms with Crippen molar-refractivity contribution in [3.8, 4) is 0 Å². The standard InChI is InChI=1S/C20H38N4O2/c1-16(6-5-10-20(2,3)26)7-11-24-12-8-17(9-13-24)14-18-21-22-19(15-25)23(18)4/h16-17,25-26H,5-15H2,1-4H3. The van der Waals surface area contributed by atoms with Gasteiger partial charge in [0.05, 0.1) is 5.60 Å². The van der Waals surface area contributed by atoms with Gasteiger partial charge in [0.25, 0.3) is 0 Å². The van der Waals surface area contributed by atoms with Gasteiger partial charge in [0.15, 0.2) is 5.82 Å². The minimum absolute atomic E-state index is 0.0457. The van der Waals surface area contributed by atoms with Gasteiger partial charge in [-0.3, -0.25) is 0 Å². The van der Waals surface area contributed by atoms with E-state index in [1.807, 2.05) is 25.5 Å². The van der Waals surface area contributed by atoms with Crippen molar-refractivity contribution in [2.24, 2.45) is 18.9 Å². The molecule has 2 rings (SSSR count). The maximum Gasteiger partial charge on any atom is 0.158 e. The van der Waals surface area contributed by atoms with Crippen LogP contribution in [0.15, 0.2) is 0 Å². The molecule has 6 heteroatoms. The Labute approximate surface area is 158 Å². The molecule has 0 radical (unpaired) electrons. The molecule has 2 heterocycles. The summed E-state index contributed by atoms with van der Waals surface area (Å²) >= 11 is 0. The second kappa shape index (κ2) is 9.81. The summed E-state index contributed by atoms with van der Waals surface area (Å²) in [5.74, 6) is 3.04. The normalized spacial score (nSPS) is 18.4. The Morgan fingerprint density at radius 1 is 1.15 bits per heavy atom. The zero-order valence-corrected chi connectivity index (χ0v) is 17.1. The Hall–Kier alpha value is -0.980. The van der Waals surface area contributed by atoms with Gasteiger partial charge in [0.2, 0.25) is 0 Å². The molecule has 0 aliphatic carbocycles. The van der Waals surface area contributed by atoms with E-state index in [2.05, 4.69) is 22.0 Å². The first-order chi connectivity index (χ1) is 12.3. The SMILES string of the molecule is CC(CCCC(C)(C)O)CCN1CCC(Cc2nnc(CO)n2C)CC1. The molecule has 0 amide bonds. The molecule has 0 bridgehead atoms. The van der Waals surface area contributed by atoms with Crippen LogP contribution in [-0.4, -0.2) is 55.1 Å². The number of aliphatic hydroxyl groups excluding tert-OH is 1. The highest BCUT2D eigenvalue weighted by Gasteiger charge is 2.22. The van der Waals surface area contributed by atoms with Crippen LogP contribution in [-0.2, 0) is 20.1 Å². The smallest absolute Gasteiger partial charge is 0.158 e. The molecule has 1 fully saturated rings. The lowest BCUT2D eigenvalue weighted by atomic mass is 9.92. The van der Waals surface area contributed by atoms with E-state index in [1.54, 1.807) is 0 Å². The minimum Gasteiger partial charge on any atom is -0.390 e. The molecule has 0 aromatic carbocycles. The second-order valence-corrected chi connectivity index (χ2v) is 8.84. The fourth-order valence-corrected chi connectivity index (χ4v) is 3.82. The van der Waals surface area contributed by atoms with E-state index in [4.69, 9.17) is 0 Å². The molecule has 1 saturated heterocycles. The van der Waals surface area contributed by atoms with E-state index in [1.165, 1.54) is 45.3 Å². The average Bonchev–Trinajstić information content (AvgIpc) is 2.93. The van der Waals surface area contributed by atoms with Crippen molar-refractivity contribution in [1.29, 1.82) is 0 Å². The van der Waals surface area contributed by atoms with Crippen LogP contribution >= 0.6 is 0 Å². The Kier molecular flexibility index (Phi) is 8.05. The van der Waals surface area contributed by atoms with Crippen molar-refractivity contribution in [2.45, 2.75) is 77.9 Å². The second-order valence-electron chi connectivity index (χ2n) is 8.84. The van der Waals surface area contributed by atoms with Crippen LogP contribution in [0, 0.1) is 11.8 Å². The first-order valence-electron chi connectivity index (χ1n) is 10.2. The predicted octanol–water partition coefficient (Wildman–Crippen LogP) is 2.53. The molecular formula is C20H38N4O2. The molecule has 1 atom stereocenters. The lowest BCUT2D eigenvalue weighted by Gasteiger charge is -2.32. The van der Waals surface area contributed by atoms with Gasteiger partial charge >= 0.3 is 0 Å². The highest BCUT2D eigenvalue weighted by molar-refractivity contribution is 4.95. The van der Waals surface area contributed by atoms with E-state index in [0.29, 0.717) is 11.7 Å². The van der Waals surface area contributed by atoms with Crippen LogP contribution in [0.3, 0.4) is 0 Å². The minimum atomic E-state index is -0.526. The summed E-state index contributed by atoms with van der Waals surface area (Å²) in [5, 5.41) is 27.3. The molecule has 150 valence electrons. The monoisotopic (exact) mass is 366 g/mol. The highest BCUT2D eigenvalue weighted by Crippen LogP contribution is 2.23. The molecule has 0 saturated carbocycles. The van der Waals surface area contributed by atoms with Crippen molar-refractivity contribution < 1.29 is 10.2 Å². The van der Waals surface area contributed by atoms with Gasteiger partial charge in [-0.2, -0.15) is 0 Å². The van der Waals surface area contributed by atoms with E-state index in [-0.39, 0.29) is 6.61 Å². The Morgan fingerprint density at radius 3 is 2.38 bits per heavy atom. The van der Waals surface area contributed by atoms with E-state index in [9.17, 15) is 10.2 Å². The lowest BCUT2D eigenvalue weighted by Crippen LogP contribution is -2.35. The molecule has 1 aliphatic heterocycles. The van der Waals surface area contributed by atoms with Crippen LogP contribution in [0.4, 0.5) is 0 Å². The van der Waals surface area contributed by atoms with E-state index < -0.39 is 5.60 Å². The molecule has 26 heavy (non-hydrogen) atoms. The van der Waals surface area contributed by atoms with Gasteiger partial charge in [0, 0.05) is 13.5 Å². The van der Waals surface area contributed by atoms with Crippen LogP contribution in [0.2, 0.25) is 0 Å². The Morgan fingerprint density at radius 2 is 1.81 bits per heavy atom. The van der Waals surface area contributed by atoms with Gasteiger partial charge in [-0.1, -0.05) is 19.8 Å². The number of aliphatic hydroxyl groups is 2. The summed E-state index contributed by atoms with van der Waals surface area (Å²) in [4.78, 5) is 2.60. The van der Waals surface area contributed by atoms with E-state index >= 15 is 0 Å². The van der Waals surface area contributed by atoms with Gasteiger partial charge in [-0.05, 0) is 71.0 Å². The zero-order valence-electron chi connectivity index (χ0n) is 17.1. The van der Waals surface area contributed by atoms with Gasteiger partial charge in [-0.15, -0.1) is 10.2 Å². The number of hydrogen-bond acceptors (Lipinski definition) is 5. The number of hydrogen-bond donors (Lipinski definition) is 2. The first-order valence-corrected chi connectivity index (χ1v) is 10.2. The summed E-state index contributed by atoms with van der Waals surface area (Å²) in [6.45, 7) is 9.62. The van der Waals surface area contributed by atoms with Gasteiger partial charge in [-0.25, -0.2) is 0 Å². The fraction of sp³-hybridized carbons (Fsp3) is 0.900. The van der Waals surface area contributed by atoms with Crippen molar-refractivity contribution in [1.82, 2.24) is 19.7 Å². The topological polar surface area (TPSA) is 74.4 Å². The Balaban J connectivity index is 1.63. The van der Waals surface area contributed by atoms with Crippen molar-refractivity contribution in [2.75, 3.05) is 19.6 Å². The van der Waals surface area contributed by atoms with Crippen molar-refractivity contribution in [3.05, 3.63) is 11.6 Å². The number of nitrogens with zero attached hydrogens (tertiary/aromatic N) is 4. The molecule has 1 unspecified atom stereocenters. The van der Waals surface area contributed by atoms with Crippen LogP contribution in [0.25, 0.3) is 0 Å². The molecule has 1 aromatic heterocycles. The summed E-state index contributed by atoms with van der Waals surface area (Å²) in [6, 6.07) is 0. The number of likely N-dealkylation sites (tertiary alicyclic amines) is 1. The number of aromatic nitrogens is 3. The zero-order chi connectivity index (χ0) is 19.2. The quantitative estimate of drug-likeness (QED) is 0.666. The van der Waals surface area contributed by atoms with Crippen molar-refractivity contribution in [3.63, 3.8) is 0 Å². The molecule has 1 aromatic rings. The summed E-state index contributed by atoms with van der Waals surface area (Å²) < 4.78 is 1.93. The molecule has 6 nitrogen and oxygen atoms in total. The molecule has 2 N–H and O–H groups in total. The maximum atomic E-state index is 9.80. The average molecular weight is 367 g/mol. The van der Waals surface area contributed by atoms with E-state index in [0.717, 1.165) is 31.0 Å². The number of rotatable bonds is 10. The van der Waals surface area contributed by atoms with Gasteiger partial charge < -0.3 is 19.7 Å². The molecule has 0 spiro atoms. The van der Waals surface area contributed by atoms with Crippen molar-refractivity contribution >= 4 is 0 Å². The number of piperidine rings is 1. The molecular weight excluding hydrogens is 328 g/mol. The largest absolute Gasteiger partial charge is 0.390 e. The van der Waals surface area contributed by atoms with Gasteiger partial charge in [0.1, 0.15) is 12.4 Å². The molecule has 1 aliphatic rings. The Bertz CT molecular complexity index is 530. The first kappa shape index (κ1) is 21.3. The summed E-state index contributed by atoms with van der Waals surface area (Å²) in [7, 11) is 1.94. The lowest BCUT2D eigenvalue weighted by molar-refractivity contribution is 0.0666. The third-order valence-electron chi connectivity index (χ3n) is 5.80. The van der Waals surface area contributed by atoms with Crippen LogP contribution in [0.5, 0.6) is 0 Å². The predicted molar refractivity (Wildman–Crippen MR) is 104 cm³/mol. The summed E-state index contributed by atoms with van der Waals surface area (Å²) in [6.07, 6.45) is 7.86. The fourth-order valence-electron chi connectivity index (χ4n) is 3.82. The summed E-state index contributed by atoms with van der Waals surface area (Å²) in [5.41, 5.74) is -0.526. The third-order valence-corrected chi connectivity index (χ3v) is 5.80. The van der Waals surface area contributed by atoms with Crippen LogP contribution in [0.1, 0.15) is 70.9 Å². The third kappa shape index (κ3) is 6.97. The maximum absolute atomic E-state index is 9.80. The highest BCUT2D eigenvalue weighted by atomic mass is 16.3. The van der Waals surface area contributed by atoms with Crippen LogP contribution < -0.4 is 0 Å².